The van der Waals surface area contributed by atoms with Crippen LogP contribution in [-0.4, -0.2) is 64.8 Å². The van der Waals surface area contributed by atoms with E-state index in [0.717, 1.165) is 6.54 Å². The first-order valence-corrected chi connectivity index (χ1v) is 5.05. The van der Waals surface area contributed by atoms with Gasteiger partial charge >= 0.3 is 6.36 Å². The van der Waals surface area contributed by atoms with E-state index in [-0.39, 0.29) is 13.2 Å². The SMILES string of the molecule is CN(C)CCOCCNCCOC(F)(F)F. The number of nitrogens with zero attached hydrogens (tertiary/aromatic N) is 1. The number of hydrogen-bond donors (Lipinski definition) is 1. The van der Waals surface area contributed by atoms with Gasteiger partial charge < -0.3 is 15.0 Å². The maximum atomic E-state index is 11.5. The molecule has 0 aromatic rings. The van der Waals surface area contributed by atoms with E-state index in [1.54, 1.807) is 0 Å². The second-order valence-corrected chi connectivity index (χ2v) is 3.46. The van der Waals surface area contributed by atoms with E-state index in [1.165, 1.54) is 0 Å². The molecule has 98 valence electrons. The van der Waals surface area contributed by atoms with Gasteiger partial charge in [-0.15, -0.1) is 13.2 Å². The van der Waals surface area contributed by atoms with Crippen LogP contribution in [0.15, 0.2) is 0 Å². The molecule has 0 aromatic heterocycles. The zero-order chi connectivity index (χ0) is 12.4. The highest BCUT2D eigenvalue weighted by molar-refractivity contribution is 4.46. The van der Waals surface area contributed by atoms with Crippen molar-refractivity contribution in [2.24, 2.45) is 0 Å². The van der Waals surface area contributed by atoms with Crippen molar-refractivity contribution in [3.63, 3.8) is 0 Å². The van der Waals surface area contributed by atoms with E-state index < -0.39 is 6.36 Å². The Morgan fingerprint density at radius 2 is 1.69 bits per heavy atom. The number of ether oxygens (including phenoxy) is 2. The van der Waals surface area contributed by atoms with Crippen LogP contribution in [0.3, 0.4) is 0 Å². The van der Waals surface area contributed by atoms with Crippen LogP contribution in [0.4, 0.5) is 13.2 Å². The molecule has 0 aromatic carbocycles. The lowest BCUT2D eigenvalue weighted by atomic mass is 10.6. The summed E-state index contributed by atoms with van der Waals surface area (Å²) in [5.41, 5.74) is 0. The first-order chi connectivity index (χ1) is 7.42. The Bertz CT molecular complexity index is 165. The summed E-state index contributed by atoms with van der Waals surface area (Å²) in [6, 6.07) is 0. The fraction of sp³-hybridized carbons (Fsp3) is 1.00. The number of halogens is 3. The van der Waals surface area contributed by atoms with Gasteiger partial charge in [0.2, 0.25) is 0 Å². The minimum Gasteiger partial charge on any atom is -0.379 e. The molecule has 0 saturated carbocycles. The molecule has 0 unspecified atom stereocenters. The minimum atomic E-state index is -4.54. The molecule has 0 aliphatic rings. The highest BCUT2D eigenvalue weighted by atomic mass is 19.4. The summed E-state index contributed by atoms with van der Waals surface area (Å²) in [7, 11) is 3.88. The maximum Gasteiger partial charge on any atom is 0.522 e. The molecular formula is C9H19F3N2O2. The second-order valence-electron chi connectivity index (χ2n) is 3.46. The number of rotatable bonds is 9. The molecule has 0 heterocycles. The average molecular weight is 244 g/mol. The van der Waals surface area contributed by atoms with Crippen molar-refractivity contribution >= 4 is 0 Å². The average Bonchev–Trinajstić information content (AvgIpc) is 2.13. The van der Waals surface area contributed by atoms with Crippen molar-refractivity contribution in [2.75, 3.05) is 53.6 Å². The summed E-state index contributed by atoms with van der Waals surface area (Å²) >= 11 is 0. The van der Waals surface area contributed by atoms with Crippen LogP contribution in [0.25, 0.3) is 0 Å². The molecule has 4 nitrogen and oxygen atoms in total. The Balaban J connectivity index is 3.05. The monoisotopic (exact) mass is 244 g/mol. The molecule has 0 bridgehead atoms. The molecule has 0 radical (unpaired) electrons. The zero-order valence-electron chi connectivity index (χ0n) is 9.64. The third-order valence-electron chi connectivity index (χ3n) is 1.65. The van der Waals surface area contributed by atoms with Crippen molar-refractivity contribution in [3.05, 3.63) is 0 Å². The molecular weight excluding hydrogens is 225 g/mol. The molecule has 7 heteroatoms. The molecule has 0 rings (SSSR count). The Kier molecular flexibility index (Phi) is 8.54. The summed E-state index contributed by atoms with van der Waals surface area (Å²) in [5, 5.41) is 2.78. The van der Waals surface area contributed by atoms with Crippen LogP contribution < -0.4 is 5.32 Å². The summed E-state index contributed by atoms with van der Waals surface area (Å²) in [4.78, 5) is 1.99. The molecule has 0 spiro atoms. The van der Waals surface area contributed by atoms with E-state index >= 15 is 0 Å². The van der Waals surface area contributed by atoms with E-state index in [1.807, 2.05) is 19.0 Å². The third kappa shape index (κ3) is 13.6. The predicted molar refractivity (Wildman–Crippen MR) is 54.2 cm³/mol. The quantitative estimate of drug-likeness (QED) is 0.605. The summed E-state index contributed by atoms with van der Waals surface area (Å²) < 4.78 is 43.4. The lowest BCUT2D eigenvalue weighted by Gasteiger charge is -2.10. The van der Waals surface area contributed by atoms with Crippen molar-refractivity contribution in [2.45, 2.75) is 6.36 Å². The summed E-state index contributed by atoms with van der Waals surface area (Å²) in [6.45, 7) is 2.25. The van der Waals surface area contributed by atoms with Crippen LogP contribution in [0.1, 0.15) is 0 Å². The van der Waals surface area contributed by atoms with Gasteiger partial charge in [-0.25, -0.2) is 0 Å². The predicted octanol–water partition coefficient (Wildman–Crippen LogP) is 0.691. The van der Waals surface area contributed by atoms with Crippen LogP contribution in [0, 0.1) is 0 Å². The van der Waals surface area contributed by atoms with Crippen molar-refractivity contribution in [3.8, 4) is 0 Å². The molecule has 1 N–H and O–H groups in total. The Labute approximate surface area is 93.7 Å². The van der Waals surface area contributed by atoms with Gasteiger partial charge in [0.05, 0.1) is 19.8 Å². The molecule has 16 heavy (non-hydrogen) atoms. The fourth-order valence-corrected chi connectivity index (χ4v) is 0.857. The van der Waals surface area contributed by atoms with Crippen LogP contribution in [-0.2, 0) is 9.47 Å². The van der Waals surface area contributed by atoms with Crippen LogP contribution >= 0.6 is 0 Å². The standard InChI is InChI=1S/C9H19F3N2O2/c1-14(2)5-8-15-6-3-13-4-7-16-9(10,11)12/h13H,3-8H2,1-2H3. The summed E-state index contributed by atoms with van der Waals surface area (Å²) in [6.07, 6.45) is -4.54. The molecule has 0 saturated heterocycles. The first-order valence-electron chi connectivity index (χ1n) is 5.05. The molecule has 0 aliphatic heterocycles. The van der Waals surface area contributed by atoms with Crippen LogP contribution in [0.2, 0.25) is 0 Å². The van der Waals surface area contributed by atoms with Crippen molar-refractivity contribution in [1.29, 1.82) is 0 Å². The Morgan fingerprint density at radius 1 is 1.06 bits per heavy atom. The smallest absolute Gasteiger partial charge is 0.379 e. The fourth-order valence-electron chi connectivity index (χ4n) is 0.857. The lowest BCUT2D eigenvalue weighted by molar-refractivity contribution is -0.323. The van der Waals surface area contributed by atoms with Gasteiger partial charge in [0, 0.05) is 19.6 Å². The number of likely N-dealkylation sites (N-methyl/N-ethyl adjacent to an activating group) is 1. The maximum absolute atomic E-state index is 11.5. The highest BCUT2D eigenvalue weighted by Gasteiger charge is 2.28. The van der Waals surface area contributed by atoms with Crippen LogP contribution in [0.5, 0.6) is 0 Å². The van der Waals surface area contributed by atoms with Gasteiger partial charge in [-0.05, 0) is 14.1 Å². The third-order valence-corrected chi connectivity index (χ3v) is 1.65. The first kappa shape index (κ1) is 15.6. The van der Waals surface area contributed by atoms with Gasteiger partial charge in [0.15, 0.2) is 0 Å². The number of hydrogen-bond acceptors (Lipinski definition) is 4. The lowest BCUT2D eigenvalue weighted by Crippen LogP contribution is -2.27. The van der Waals surface area contributed by atoms with E-state index in [9.17, 15) is 13.2 Å². The Hall–Kier alpha value is -0.370. The summed E-state index contributed by atoms with van der Waals surface area (Å²) in [5.74, 6) is 0. The highest BCUT2D eigenvalue weighted by Crippen LogP contribution is 2.14. The molecule has 0 fully saturated rings. The van der Waals surface area contributed by atoms with Gasteiger partial charge in [-0.2, -0.15) is 0 Å². The minimum absolute atomic E-state index is 0.163. The van der Waals surface area contributed by atoms with Gasteiger partial charge in [0.25, 0.3) is 0 Å². The molecule has 0 aliphatic carbocycles. The molecule has 0 amide bonds. The topological polar surface area (TPSA) is 33.7 Å². The number of alkyl halides is 3. The second kappa shape index (κ2) is 8.74. The van der Waals surface area contributed by atoms with Gasteiger partial charge in [0.1, 0.15) is 0 Å². The number of nitrogens with one attached hydrogen (secondary N) is 1. The Morgan fingerprint density at radius 3 is 2.25 bits per heavy atom. The zero-order valence-corrected chi connectivity index (χ0v) is 9.64. The van der Waals surface area contributed by atoms with Crippen molar-refractivity contribution in [1.82, 2.24) is 10.2 Å². The normalized spacial score (nSPS) is 12.4. The molecule has 0 atom stereocenters. The largest absolute Gasteiger partial charge is 0.522 e. The van der Waals surface area contributed by atoms with Gasteiger partial charge in [-0.1, -0.05) is 0 Å². The van der Waals surface area contributed by atoms with E-state index in [2.05, 4.69) is 10.1 Å². The van der Waals surface area contributed by atoms with Gasteiger partial charge in [-0.3, -0.25) is 4.74 Å². The van der Waals surface area contributed by atoms with E-state index in [0.29, 0.717) is 19.8 Å². The van der Waals surface area contributed by atoms with E-state index in [4.69, 9.17) is 4.74 Å². The van der Waals surface area contributed by atoms with Crippen molar-refractivity contribution < 1.29 is 22.6 Å².